The summed E-state index contributed by atoms with van der Waals surface area (Å²) >= 11 is 0. The molecule has 7 nitrogen and oxygen atoms in total. The first-order valence-corrected chi connectivity index (χ1v) is 7.51. The Hall–Kier alpha value is -1.31. The summed E-state index contributed by atoms with van der Waals surface area (Å²) in [5.41, 5.74) is 0. The molecule has 1 amide bonds. The molecule has 18 heavy (non-hydrogen) atoms. The van der Waals surface area contributed by atoms with Crippen molar-refractivity contribution in [2.24, 2.45) is 0 Å². The van der Waals surface area contributed by atoms with Gasteiger partial charge < -0.3 is 9.84 Å². The second kappa shape index (κ2) is 4.75. The maximum absolute atomic E-state index is 11.8. The van der Waals surface area contributed by atoms with Crippen LogP contribution in [0.3, 0.4) is 0 Å². The molecule has 1 N–H and O–H groups in total. The number of aliphatic carboxylic acids is 1. The fraction of sp³-hybridized carbons (Fsp3) is 0.800. The Morgan fingerprint density at radius 3 is 2.78 bits per heavy atom. The Morgan fingerprint density at radius 2 is 2.17 bits per heavy atom. The molecular weight excluding hydrogens is 262 g/mol. The number of hydrogen-bond donors (Lipinski definition) is 1. The van der Waals surface area contributed by atoms with E-state index in [1.807, 2.05) is 0 Å². The van der Waals surface area contributed by atoms with E-state index < -0.39 is 33.2 Å². The maximum atomic E-state index is 11.8. The van der Waals surface area contributed by atoms with Gasteiger partial charge in [-0.05, 0) is 12.8 Å². The van der Waals surface area contributed by atoms with Crippen molar-refractivity contribution < 1.29 is 27.9 Å². The first kappa shape index (κ1) is 13.1. The van der Waals surface area contributed by atoms with Crippen molar-refractivity contribution in [1.82, 2.24) is 4.90 Å². The summed E-state index contributed by atoms with van der Waals surface area (Å²) in [7, 11) is -3.23. The minimum Gasteiger partial charge on any atom is -0.480 e. The minimum atomic E-state index is -3.23. The molecule has 2 saturated heterocycles. The molecule has 0 aliphatic carbocycles. The molecule has 2 atom stereocenters. The Morgan fingerprint density at radius 1 is 1.44 bits per heavy atom. The number of cyclic esters (lactones) is 1. The molecule has 0 saturated carbocycles. The van der Waals surface area contributed by atoms with Gasteiger partial charge in [-0.2, -0.15) is 0 Å². The molecule has 0 spiro atoms. The van der Waals surface area contributed by atoms with Gasteiger partial charge in [0.15, 0.2) is 15.9 Å². The average Bonchev–Trinajstić information content (AvgIpc) is 2.63. The third-order valence-electron chi connectivity index (χ3n) is 3.37. The van der Waals surface area contributed by atoms with Gasteiger partial charge in [0, 0.05) is 6.54 Å². The lowest BCUT2D eigenvalue weighted by Gasteiger charge is -2.27. The van der Waals surface area contributed by atoms with E-state index in [-0.39, 0.29) is 18.9 Å². The lowest BCUT2D eigenvalue weighted by Crippen LogP contribution is -2.46. The lowest BCUT2D eigenvalue weighted by molar-refractivity contribution is -0.141. The number of nitrogens with zero attached hydrogens (tertiary/aromatic N) is 1. The van der Waals surface area contributed by atoms with Crippen LogP contribution in [0.15, 0.2) is 0 Å². The number of amides is 1. The zero-order valence-corrected chi connectivity index (χ0v) is 10.6. The van der Waals surface area contributed by atoms with Crippen LogP contribution in [0.1, 0.15) is 19.3 Å². The highest BCUT2D eigenvalue weighted by atomic mass is 32.2. The topological polar surface area (TPSA) is 101 Å². The molecule has 0 radical (unpaired) electrons. The van der Waals surface area contributed by atoms with Gasteiger partial charge in [0.2, 0.25) is 0 Å². The van der Waals surface area contributed by atoms with E-state index in [9.17, 15) is 18.0 Å². The van der Waals surface area contributed by atoms with Crippen molar-refractivity contribution >= 4 is 21.9 Å². The summed E-state index contributed by atoms with van der Waals surface area (Å²) in [5, 5.41) is 8.27. The van der Waals surface area contributed by atoms with Crippen LogP contribution in [0, 0.1) is 0 Å². The predicted octanol–water partition coefficient (Wildman–Crippen LogP) is -0.141. The summed E-state index contributed by atoms with van der Waals surface area (Å²) in [5.74, 6) is -1.06. The van der Waals surface area contributed by atoms with Crippen molar-refractivity contribution in [1.29, 1.82) is 0 Å². The lowest BCUT2D eigenvalue weighted by atomic mass is 10.1. The van der Waals surface area contributed by atoms with Crippen LogP contribution >= 0.6 is 0 Å². The molecular formula is C10H15NO6S. The van der Waals surface area contributed by atoms with Gasteiger partial charge in [0.1, 0.15) is 6.61 Å². The van der Waals surface area contributed by atoms with Crippen LogP contribution in [0.4, 0.5) is 4.79 Å². The van der Waals surface area contributed by atoms with Crippen molar-refractivity contribution in [2.75, 3.05) is 18.9 Å². The Bertz CT molecular complexity index is 459. The monoisotopic (exact) mass is 277 g/mol. The molecule has 102 valence electrons. The molecule has 8 heteroatoms. The van der Waals surface area contributed by atoms with E-state index in [4.69, 9.17) is 5.11 Å². The summed E-state index contributed by atoms with van der Waals surface area (Å²) in [6.45, 7) is -0.306. The van der Waals surface area contributed by atoms with E-state index in [0.717, 1.165) is 11.3 Å². The van der Waals surface area contributed by atoms with Crippen molar-refractivity contribution in [3.63, 3.8) is 0 Å². The number of sulfone groups is 1. The fourth-order valence-corrected chi connectivity index (χ4v) is 4.16. The van der Waals surface area contributed by atoms with Gasteiger partial charge >= 0.3 is 12.1 Å². The number of hydrogen-bond acceptors (Lipinski definition) is 5. The molecule has 0 bridgehead atoms. The summed E-state index contributed by atoms with van der Waals surface area (Å²) in [4.78, 5) is 23.4. The highest BCUT2D eigenvalue weighted by Gasteiger charge is 2.41. The predicted molar refractivity (Wildman–Crippen MR) is 60.9 cm³/mol. The number of carboxylic acids is 1. The first-order chi connectivity index (χ1) is 8.42. The molecule has 2 heterocycles. The molecule has 2 unspecified atom stereocenters. The number of carbonyl (C=O) groups excluding carboxylic acids is 1. The van der Waals surface area contributed by atoms with Gasteiger partial charge in [-0.15, -0.1) is 0 Å². The number of carbonyl (C=O) groups is 2. The average molecular weight is 277 g/mol. The molecule has 2 rings (SSSR count). The Balaban J connectivity index is 2.12. The van der Waals surface area contributed by atoms with Crippen molar-refractivity contribution in [2.45, 2.75) is 30.6 Å². The van der Waals surface area contributed by atoms with Crippen LogP contribution in [0.25, 0.3) is 0 Å². The van der Waals surface area contributed by atoms with E-state index in [1.165, 1.54) is 0 Å². The smallest absolute Gasteiger partial charge is 0.410 e. The summed E-state index contributed by atoms with van der Waals surface area (Å²) in [6.07, 6.45) is 1.14. The van der Waals surface area contributed by atoms with Crippen LogP contribution in [0.2, 0.25) is 0 Å². The van der Waals surface area contributed by atoms with Gasteiger partial charge in [-0.3, -0.25) is 4.90 Å². The van der Waals surface area contributed by atoms with Crippen molar-refractivity contribution in [3.8, 4) is 0 Å². The normalized spacial score (nSPS) is 31.1. The van der Waals surface area contributed by atoms with E-state index in [2.05, 4.69) is 4.74 Å². The SMILES string of the molecule is O=C(O)C1COC(=O)N1CC1CCCCS1(=O)=O. The van der Waals surface area contributed by atoms with Crippen LogP contribution in [-0.2, 0) is 19.4 Å². The molecule has 0 aromatic heterocycles. The first-order valence-electron chi connectivity index (χ1n) is 5.79. The van der Waals surface area contributed by atoms with Crippen LogP contribution < -0.4 is 0 Å². The fourth-order valence-electron chi connectivity index (χ4n) is 2.30. The summed E-state index contributed by atoms with van der Waals surface area (Å²) < 4.78 is 28.3. The quantitative estimate of drug-likeness (QED) is 0.770. The van der Waals surface area contributed by atoms with Gasteiger partial charge in [-0.1, -0.05) is 6.42 Å². The van der Waals surface area contributed by atoms with E-state index in [1.54, 1.807) is 0 Å². The molecule has 0 aromatic carbocycles. The largest absolute Gasteiger partial charge is 0.480 e. The Kier molecular flexibility index (Phi) is 3.47. The molecule has 2 fully saturated rings. The second-order valence-corrected chi connectivity index (χ2v) is 6.97. The highest BCUT2D eigenvalue weighted by Crippen LogP contribution is 2.23. The highest BCUT2D eigenvalue weighted by molar-refractivity contribution is 7.92. The zero-order valence-electron chi connectivity index (χ0n) is 9.74. The standard InChI is InChI=1S/C10H15NO6S/c12-9(13)8-6-17-10(14)11(8)5-7-3-1-2-4-18(7,15)16/h7-8H,1-6H2,(H,12,13). The van der Waals surface area contributed by atoms with Gasteiger partial charge in [-0.25, -0.2) is 18.0 Å². The number of carboxylic acid groups (broad SMARTS) is 1. The maximum Gasteiger partial charge on any atom is 0.410 e. The van der Waals surface area contributed by atoms with Gasteiger partial charge in [0.25, 0.3) is 0 Å². The zero-order chi connectivity index (χ0) is 13.3. The minimum absolute atomic E-state index is 0.0852. The molecule has 2 aliphatic rings. The van der Waals surface area contributed by atoms with E-state index in [0.29, 0.717) is 12.8 Å². The molecule has 2 aliphatic heterocycles. The van der Waals surface area contributed by atoms with E-state index >= 15 is 0 Å². The van der Waals surface area contributed by atoms with Gasteiger partial charge in [0.05, 0.1) is 11.0 Å². The number of rotatable bonds is 3. The third kappa shape index (κ3) is 2.43. The van der Waals surface area contributed by atoms with Crippen LogP contribution in [-0.4, -0.2) is 60.7 Å². The number of ether oxygens (including phenoxy) is 1. The third-order valence-corrected chi connectivity index (χ3v) is 5.63. The summed E-state index contributed by atoms with van der Waals surface area (Å²) in [6, 6.07) is -1.07. The second-order valence-electron chi connectivity index (χ2n) is 4.57. The molecule has 0 aromatic rings. The van der Waals surface area contributed by atoms with Crippen molar-refractivity contribution in [3.05, 3.63) is 0 Å². The Labute approximate surface area is 105 Å². The van der Waals surface area contributed by atoms with Crippen LogP contribution in [0.5, 0.6) is 0 Å².